The summed E-state index contributed by atoms with van der Waals surface area (Å²) >= 11 is 0. The molecule has 0 fully saturated rings. The van der Waals surface area contributed by atoms with E-state index in [1.807, 2.05) is 24.3 Å². The first kappa shape index (κ1) is 26.7. The molecule has 0 aromatic heterocycles. The molecule has 4 nitrogen and oxygen atoms in total. The third-order valence-electron chi connectivity index (χ3n) is 5.11. The van der Waals surface area contributed by atoms with Crippen molar-refractivity contribution in [1.82, 2.24) is 0 Å². The first-order chi connectivity index (χ1) is 15.7. The van der Waals surface area contributed by atoms with Crippen LogP contribution in [0, 0.1) is 0 Å². The fourth-order valence-electron chi connectivity index (χ4n) is 3.05. The van der Waals surface area contributed by atoms with Gasteiger partial charge in [-0.3, -0.25) is 0 Å². The number of ether oxygens (including phenoxy) is 4. The van der Waals surface area contributed by atoms with Gasteiger partial charge in [0.15, 0.2) is 6.79 Å². The molecular weight excluding hydrogens is 428 g/mol. The average molecular weight is 469 g/mol. The van der Waals surface area contributed by atoms with Gasteiger partial charge in [-0.25, -0.2) is 0 Å². The van der Waals surface area contributed by atoms with Crippen molar-refractivity contribution >= 4 is 20.2 Å². The molecule has 0 aliphatic carbocycles. The Bertz CT molecular complexity index is 937. The zero-order valence-corrected chi connectivity index (χ0v) is 22.4. The van der Waals surface area contributed by atoms with Crippen LogP contribution in [-0.4, -0.2) is 35.2 Å². The largest absolute Gasteiger partial charge is 0.497 e. The van der Waals surface area contributed by atoms with Crippen LogP contribution in [0.3, 0.4) is 0 Å². The summed E-state index contributed by atoms with van der Waals surface area (Å²) in [5.74, 6) is 2.45. The molecular formula is C28H40O4Si. The summed E-state index contributed by atoms with van der Waals surface area (Å²) in [7, 11) is 0.594. The van der Waals surface area contributed by atoms with Crippen LogP contribution in [0.1, 0.15) is 37.5 Å². The lowest BCUT2D eigenvalue weighted by Gasteiger charge is -2.16. The zero-order chi connectivity index (χ0) is 24.3. The Morgan fingerprint density at radius 1 is 0.909 bits per heavy atom. The lowest BCUT2D eigenvalue weighted by atomic mass is 10.1. The predicted octanol–water partition coefficient (Wildman–Crippen LogP) is 7.46. The summed E-state index contributed by atoms with van der Waals surface area (Å²) in [6.45, 7) is 14.9. The molecule has 0 saturated heterocycles. The van der Waals surface area contributed by atoms with Crippen molar-refractivity contribution in [3.63, 3.8) is 0 Å². The summed E-state index contributed by atoms with van der Waals surface area (Å²) in [5.41, 5.74) is 4.54. The third kappa shape index (κ3) is 10.3. The van der Waals surface area contributed by atoms with E-state index in [2.05, 4.69) is 70.8 Å². The normalized spacial score (nSPS) is 11.5. The molecule has 0 aliphatic heterocycles. The Kier molecular flexibility index (Phi) is 10.8. The van der Waals surface area contributed by atoms with E-state index in [1.54, 1.807) is 7.11 Å². The number of hydrogen-bond donors (Lipinski definition) is 0. The maximum Gasteiger partial charge on any atom is 0.189 e. The third-order valence-corrected chi connectivity index (χ3v) is 6.81. The van der Waals surface area contributed by atoms with Gasteiger partial charge in [0, 0.05) is 20.7 Å². The molecule has 0 spiro atoms. The molecule has 2 aromatic rings. The van der Waals surface area contributed by atoms with Crippen molar-refractivity contribution in [2.45, 2.75) is 52.9 Å². The topological polar surface area (TPSA) is 36.9 Å². The van der Waals surface area contributed by atoms with Crippen LogP contribution < -0.4 is 14.2 Å². The molecule has 5 heteroatoms. The Morgan fingerprint density at radius 2 is 1.64 bits per heavy atom. The fourth-order valence-corrected chi connectivity index (χ4v) is 3.81. The quantitative estimate of drug-likeness (QED) is 0.100. The van der Waals surface area contributed by atoms with Gasteiger partial charge >= 0.3 is 0 Å². The van der Waals surface area contributed by atoms with Crippen molar-refractivity contribution in [3.8, 4) is 17.2 Å². The highest BCUT2D eigenvalue weighted by atomic mass is 28.3. The molecule has 0 heterocycles. The van der Waals surface area contributed by atoms with Crippen molar-refractivity contribution in [1.29, 1.82) is 0 Å². The van der Waals surface area contributed by atoms with E-state index in [9.17, 15) is 0 Å². The van der Waals surface area contributed by atoms with Gasteiger partial charge in [-0.15, -0.1) is 0 Å². The van der Waals surface area contributed by atoms with Gasteiger partial charge in [0.1, 0.15) is 23.9 Å². The van der Waals surface area contributed by atoms with Gasteiger partial charge in [-0.2, -0.15) is 0 Å². The lowest BCUT2D eigenvalue weighted by molar-refractivity contribution is 0.0215. The molecule has 2 aromatic carbocycles. The first-order valence-corrected chi connectivity index (χ1v) is 15.4. The molecule has 0 amide bonds. The average Bonchev–Trinajstić information content (AvgIpc) is 2.76. The van der Waals surface area contributed by atoms with Crippen LogP contribution in [0.15, 0.2) is 48.0 Å². The van der Waals surface area contributed by atoms with Crippen LogP contribution in [0.5, 0.6) is 17.2 Å². The Hall–Kier alpha value is -2.50. The first-order valence-electron chi connectivity index (χ1n) is 11.7. The van der Waals surface area contributed by atoms with Gasteiger partial charge in [0.25, 0.3) is 0 Å². The van der Waals surface area contributed by atoms with E-state index in [0.29, 0.717) is 13.4 Å². The molecule has 0 unspecified atom stereocenters. The van der Waals surface area contributed by atoms with E-state index in [4.69, 9.17) is 18.9 Å². The van der Waals surface area contributed by atoms with Crippen molar-refractivity contribution < 1.29 is 18.9 Å². The fraction of sp³-hybridized carbons (Fsp3) is 0.429. The van der Waals surface area contributed by atoms with Gasteiger partial charge in [-0.05, 0) is 73.3 Å². The van der Waals surface area contributed by atoms with E-state index >= 15 is 0 Å². The van der Waals surface area contributed by atoms with Gasteiger partial charge in [0.05, 0.1) is 7.11 Å². The van der Waals surface area contributed by atoms with Gasteiger partial charge in [0.2, 0.25) is 0 Å². The smallest absolute Gasteiger partial charge is 0.189 e. The molecule has 0 saturated carbocycles. The molecule has 2 rings (SSSR count). The minimum absolute atomic E-state index is 0.298. The van der Waals surface area contributed by atoms with Gasteiger partial charge < -0.3 is 18.9 Å². The second-order valence-corrected chi connectivity index (χ2v) is 15.2. The van der Waals surface area contributed by atoms with Gasteiger partial charge in [-0.1, -0.05) is 50.4 Å². The molecule has 0 radical (unpaired) electrons. The number of allylic oxidation sites excluding steroid dienone is 1. The number of methoxy groups -OCH3 is 1. The highest BCUT2D eigenvalue weighted by molar-refractivity contribution is 6.76. The second-order valence-electron chi connectivity index (χ2n) is 9.57. The highest BCUT2D eigenvalue weighted by Gasteiger charge is 2.12. The molecule has 0 atom stereocenters. The Morgan fingerprint density at radius 3 is 2.30 bits per heavy atom. The molecule has 0 N–H and O–H groups in total. The maximum atomic E-state index is 5.89. The predicted molar refractivity (Wildman–Crippen MR) is 142 cm³/mol. The molecule has 0 aliphatic rings. The number of hydrogen-bond acceptors (Lipinski definition) is 4. The van der Waals surface area contributed by atoms with Crippen molar-refractivity contribution in [2.75, 3.05) is 27.1 Å². The molecule has 0 bridgehead atoms. The van der Waals surface area contributed by atoms with Crippen molar-refractivity contribution in [3.05, 3.63) is 64.7 Å². The monoisotopic (exact) mass is 468 g/mol. The summed E-state index contributed by atoms with van der Waals surface area (Å²) in [5, 5.41) is 0. The van der Waals surface area contributed by atoms with Crippen LogP contribution in [0.25, 0.3) is 12.2 Å². The van der Waals surface area contributed by atoms with Crippen LogP contribution in [0.4, 0.5) is 0 Å². The standard InChI is InChI=1S/C28H40O4Si/c1-8-25-17-23(11-12-28(25)32-21-30-15-16-33(5,6)7)9-10-24-18-26(29-4)20-27(19-24)31-14-13-22(2)3/h9-13,17-20H,8,14-16,21H2,1-7H3/b10-9+. The van der Waals surface area contributed by atoms with Crippen molar-refractivity contribution in [2.24, 2.45) is 0 Å². The Labute approximate surface area is 201 Å². The van der Waals surface area contributed by atoms with E-state index in [-0.39, 0.29) is 0 Å². The van der Waals surface area contributed by atoms with E-state index in [0.717, 1.165) is 47.4 Å². The summed E-state index contributed by atoms with van der Waals surface area (Å²) in [6, 6.07) is 13.3. The lowest BCUT2D eigenvalue weighted by Crippen LogP contribution is -2.22. The summed E-state index contributed by atoms with van der Waals surface area (Å²) in [4.78, 5) is 0. The Balaban J connectivity index is 2.04. The maximum absolute atomic E-state index is 5.89. The van der Waals surface area contributed by atoms with Crippen LogP contribution in [-0.2, 0) is 11.2 Å². The number of aryl methyl sites for hydroxylation is 1. The minimum Gasteiger partial charge on any atom is -0.497 e. The molecule has 180 valence electrons. The minimum atomic E-state index is -1.08. The van der Waals surface area contributed by atoms with E-state index in [1.165, 1.54) is 11.1 Å². The van der Waals surface area contributed by atoms with Crippen LogP contribution in [0.2, 0.25) is 25.7 Å². The SMILES string of the molecule is CCc1cc(/C=C/c2cc(OC)cc(OCC=C(C)C)c2)ccc1OCOCC[Si](C)(C)C. The molecule has 33 heavy (non-hydrogen) atoms. The highest BCUT2D eigenvalue weighted by Crippen LogP contribution is 2.26. The van der Waals surface area contributed by atoms with E-state index < -0.39 is 8.07 Å². The second kappa shape index (κ2) is 13.3. The van der Waals surface area contributed by atoms with Crippen LogP contribution >= 0.6 is 0 Å². The summed E-state index contributed by atoms with van der Waals surface area (Å²) in [6.07, 6.45) is 7.13. The zero-order valence-electron chi connectivity index (χ0n) is 21.4. The number of benzene rings is 2. The summed E-state index contributed by atoms with van der Waals surface area (Å²) < 4.78 is 22.9. The number of rotatable bonds is 13.